The predicted octanol–water partition coefficient (Wildman–Crippen LogP) is 3.42. The topological polar surface area (TPSA) is 106 Å². The lowest BCUT2D eigenvalue weighted by Crippen LogP contribution is -2.33. The van der Waals surface area contributed by atoms with Gasteiger partial charge in [0.25, 0.3) is 5.91 Å². The van der Waals surface area contributed by atoms with Crippen LogP contribution in [0.15, 0.2) is 61.2 Å². The number of carbonyl (C=O) groups excluding carboxylic acids is 3. The average Bonchev–Trinajstić information content (AvgIpc) is 3.53. The monoisotopic (exact) mass is 509 g/mol. The summed E-state index contributed by atoms with van der Waals surface area (Å²) in [5.74, 6) is -0.412. The van der Waals surface area contributed by atoms with Crippen LogP contribution in [-0.2, 0) is 20.9 Å². The molecule has 1 saturated heterocycles. The van der Waals surface area contributed by atoms with Gasteiger partial charge in [0.1, 0.15) is 5.75 Å². The molecule has 2 aromatic carbocycles. The number of nitrogens with zero attached hydrogens (tertiary/aromatic N) is 3. The summed E-state index contributed by atoms with van der Waals surface area (Å²) in [6.45, 7) is 3.35. The van der Waals surface area contributed by atoms with Crippen molar-refractivity contribution in [1.82, 2.24) is 14.9 Å². The van der Waals surface area contributed by atoms with Crippen LogP contribution in [0, 0.1) is 12.8 Å². The van der Waals surface area contributed by atoms with Crippen LogP contribution < -0.4 is 20.3 Å². The van der Waals surface area contributed by atoms with Crippen LogP contribution in [-0.4, -0.2) is 47.0 Å². The first-order valence-corrected chi connectivity index (χ1v) is 12.1. The first-order chi connectivity index (χ1) is 17.4. The lowest BCUT2D eigenvalue weighted by atomic mass is 10.1. The van der Waals surface area contributed by atoms with E-state index in [1.165, 1.54) is 0 Å². The normalized spacial score (nSPS) is 15.1. The molecule has 0 aliphatic carbocycles. The molecule has 1 fully saturated rings. The van der Waals surface area contributed by atoms with Crippen LogP contribution in [0.5, 0.6) is 5.75 Å². The van der Waals surface area contributed by atoms with Crippen molar-refractivity contribution in [2.75, 3.05) is 29.9 Å². The number of halogens is 1. The van der Waals surface area contributed by atoms with Crippen molar-refractivity contribution in [2.24, 2.45) is 5.92 Å². The van der Waals surface area contributed by atoms with E-state index in [1.54, 1.807) is 53.8 Å². The van der Waals surface area contributed by atoms with Crippen LogP contribution in [0.2, 0.25) is 5.02 Å². The number of anilines is 2. The number of hydrogen-bond acceptors (Lipinski definition) is 5. The molecule has 0 spiro atoms. The molecular weight excluding hydrogens is 482 g/mol. The van der Waals surface area contributed by atoms with E-state index in [0.717, 1.165) is 18.5 Å². The standard InChI is InChI=1S/C26H28ClN5O4/c1-18-3-4-20(27)14-23(18)30-24(33)16-36-22-7-5-21(6-8-22)32-15-19(13-25(32)34)26(35)29-9-2-11-31-12-10-28-17-31/h3-8,10,12,14,17,19H,2,9,11,13,15-16H2,1H3,(H,29,35)(H,30,33)/t19-/m0/s1. The molecule has 0 bridgehead atoms. The highest BCUT2D eigenvalue weighted by Gasteiger charge is 2.34. The summed E-state index contributed by atoms with van der Waals surface area (Å²) in [6.07, 6.45) is 6.29. The Kier molecular flexibility index (Phi) is 8.22. The van der Waals surface area contributed by atoms with Crippen molar-refractivity contribution in [3.05, 3.63) is 71.8 Å². The number of aromatic nitrogens is 2. The second-order valence-electron chi connectivity index (χ2n) is 8.64. The number of ether oxygens (including phenoxy) is 1. The molecule has 188 valence electrons. The second-order valence-corrected chi connectivity index (χ2v) is 9.08. The van der Waals surface area contributed by atoms with Crippen LogP contribution in [0.25, 0.3) is 0 Å². The highest BCUT2D eigenvalue weighted by Crippen LogP contribution is 2.27. The van der Waals surface area contributed by atoms with Gasteiger partial charge >= 0.3 is 0 Å². The third kappa shape index (κ3) is 6.63. The molecule has 10 heteroatoms. The van der Waals surface area contributed by atoms with Gasteiger partial charge in [0.15, 0.2) is 6.61 Å². The molecule has 4 rings (SSSR count). The molecule has 1 aliphatic heterocycles. The lowest BCUT2D eigenvalue weighted by Gasteiger charge is -2.17. The van der Waals surface area contributed by atoms with Crippen LogP contribution in [0.4, 0.5) is 11.4 Å². The molecule has 1 aliphatic rings. The third-order valence-corrected chi connectivity index (χ3v) is 6.17. The Hall–Kier alpha value is -3.85. The molecule has 0 radical (unpaired) electrons. The minimum absolute atomic E-state index is 0.0986. The third-order valence-electron chi connectivity index (χ3n) is 5.94. The van der Waals surface area contributed by atoms with Gasteiger partial charge in [-0.2, -0.15) is 0 Å². The van der Waals surface area contributed by atoms with E-state index < -0.39 is 0 Å². The minimum Gasteiger partial charge on any atom is -0.484 e. The number of hydrogen-bond donors (Lipinski definition) is 2. The van der Waals surface area contributed by atoms with E-state index in [4.69, 9.17) is 16.3 Å². The van der Waals surface area contributed by atoms with Crippen LogP contribution >= 0.6 is 11.6 Å². The molecule has 3 amide bonds. The Morgan fingerprint density at radius 2 is 2.00 bits per heavy atom. The van der Waals surface area contributed by atoms with Gasteiger partial charge in [-0.05, 0) is 55.3 Å². The number of amides is 3. The maximum absolute atomic E-state index is 12.5. The van der Waals surface area contributed by atoms with E-state index in [-0.39, 0.29) is 36.7 Å². The SMILES string of the molecule is Cc1ccc(Cl)cc1NC(=O)COc1ccc(N2C[C@@H](C(=O)NCCCn3ccnc3)CC2=O)cc1. The summed E-state index contributed by atoms with van der Waals surface area (Å²) in [4.78, 5) is 42.9. The second kappa shape index (κ2) is 11.7. The van der Waals surface area contributed by atoms with Gasteiger partial charge in [0, 0.05) is 54.8 Å². The minimum atomic E-state index is -0.389. The fourth-order valence-electron chi connectivity index (χ4n) is 3.96. The summed E-state index contributed by atoms with van der Waals surface area (Å²) < 4.78 is 7.53. The summed E-state index contributed by atoms with van der Waals surface area (Å²) in [6, 6.07) is 12.2. The van der Waals surface area contributed by atoms with Gasteiger partial charge in [-0.25, -0.2) is 4.98 Å². The first-order valence-electron chi connectivity index (χ1n) is 11.7. The highest BCUT2D eigenvalue weighted by atomic mass is 35.5. The Labute approximate surface area is 214 Å². The largest absolute Gasteiger partial charge is 0.484 e. The van der Waals surface area contributed by atoms with Crippen molar-refractivity contribution in [1.29, 1.82) is 0 Å². The van der Waals surface area contributed by atoms with Gasteiger partial charge in [-0.3, -0.25) is 14.4 Å². The van der Waals surface area contributed by atoms with E-state index in [9.17, 15) is 14.4 Å². The molecule has 0 saturated carbocycles. The molecule has 0 unspecified atom stereocenters. The fourth-order valence-corrected chi connectivity index (χ4v) is 4.13. The Morgan fingerprint density at radius 1 is 1.19 bits per heavy atom. The van der Waals surface area contributed by atoms with Crippen molar-refractivity contribution < 1.29 is 19.1 Å². The van der Waals surface area contributed by atoms with Gasteiger partial charge in [0.2, 0.25) is 11.8 Å². The Morgan fingerprint density at radius 3 is 2.75 bits per heavy atom. The van der Waals surface area contributed by atoms with Crippen LogP contribution in [0.1, 0.15) is 18.4 Å². The number of aryl methyl sites for hydroxylation is 2. The van der Waals surface area contributed by atoms with Gasteiger partial charge in [-0.15, -0.1) is 0 Å². The quantitative estimate of drug-likeness (QED) is 0.407. The van der Waals surface area contributed by atoms with Crippen molar-refractivity contribution in [3.63, 3.8) is 0 Å². The highest BCUT2D eigenvalue weighted by molar-refractivity contribution is 6.31. The summed E-state index contributed by atoms with van der Waals surface area (Å²) in [5.41, 5.74) is 2.21. The Balaban J connectivity index is 1.23. The number of rotatable bonds is 10. The molecule has 36 heavy (non-hydrogen) atoms. The number of benzene rings is 2. The number of imidazole rings is 1. The van der Waals surface area contributed by atoms with Crippen molar-refractivity contribution >= 4 is 40.7 Å². The lowest BCUT2D eigenvalue weighted by molar-refractivity contribution is -0.126. The van der Waals surface area contributed by atoms with Crippen molar-refractivity contribution in [3.8, 4) is 5.75 Å². The Bertz CT molecular complexity index is 1210. The molecule has 1 atom stereocenters. The molecule has 3 aromatic rings. The molecular formula is C26H28ClN5O4. The summed E-state index contributed by atoms with van der Waals surface area (Å²) >= 11 is 5.99. The van der Waals surface area contributed by atoms with Gasteiger partial charge in [-0.1, -0.05) is 17.7 Å². The van der Waals surface area contributed by atoms with Gasteiger partial charge < -0.3 is 24.8 Å². The van der Waals surface area contributed by atoms with Crippen molar-refractivity contribution in [2.45, 2.75) is 26.3 Å². The maximum Gasteiger partial charge on any atom is 0.262 e. The number of nitrogens with one attached hydrogen (secondary N) is 2. The average molecular weight is 510 g/mol. The smallest absolute Gasteiger partial charge is 0.262 e. The molecule has 2 heterocycles. The fraction of sp³-hybridized carbons (Fsp3) is 0.308. The summed E-state index contributed by atoms with van der Waals surface area (Å²) in [7, 11) is 0. The van der Waals surface area contributed by atoms with E-state index in [2.05, 4.69) is 15.6 Å². The zero-order chi connectivity index (χ0) is 25.5. The molecule has 9 nitrogen and oxygen atoms in total. The zero-order valence-corrected chi connectivity index (χ0v) is 20.7. The molecule has 1 aromatic heterocycles. The first kappa shape index (κ1) is 25.2. The van der Waals surface area contributed by atoms with E-state index in [1.807, 2.05) is 23.8 Å². The van der Waals surface area contributed by atoms with Gasteiger partial charge in [0.05, 0.1) is 12.2 Å². The molecule has 2 N–H and O–H groups in total. The number of carbonyl (C=O) groups is 3. The predicted molar refractivity (Wildman–Crippen MR) is 137 cm³/mol. The zero-order valence-electron chi connectivity index (χ0n) is 19.9. The van der Waals surface area contributed by atoms with Crippen LogP contribution in [0.3, 0.4) is 0 Å². The van der Waals surface area contributed by atoms with E-state index >= 15 is 0 Å². The summed E-state index contributed by atoms with van der Waals surface area (Å²) in [5, 5.41) is 6.24. The van der Waals surface area contributed by atoms with E-state index in [0.29, 0.717) is 35.2 Å². The maximum atomic E-state index is 12.5.